The first-order valence-electron chi connectivity index (χ1n) is 7.44. The Morgan fingerprint density at radius 1 is 1.25 bits per heavy atom. The van der Waals surface area contributed by atoms with Crippen LogP contribution in [0.5, 0.6) is 0 Å². The summed E-state index contributed by atoms with van der Waals surface area (Å²) in [5, 5.41) is 0. The number of fused-ring (bicyclic) bond motifs is 1. The molecule has 0 aromatic rings. The zero-order chi connectivity index (χ0) is 12.1. The molecule has 0 bridgehead atoms. The smallest absolute Gasteiger partial charge is 0.0210 e. The van der Waals surface area contributed by atoms with Crippen molar-refractivity contribution in [3.63, 3.8) is 0 Å². The van der Waals surface area contributed by atoms with Gasteiger partial charge in [-0.1, -0.05) is 54.4 Å². The molecule has 16 heavy (non-hydrogen) atoms. The van der Waals surface area contributed by atoms with Gasteiger partial charge in [-0.15, -0.1) is 0 Å². The minimum Gasteiger partial charge on any atom is -0.0654 e. The van der Waals surface area contributed by atoms with Gasteiger partial charge in [-0.3, -0.25) is 0 Å². The van der Waals surface area contributed by atoms with Crippen molar-refractivity contribution in [1.29, 1.82) is 0 Å². The van der Waals surface area contributed by atoms with Crippen molar-refractivity contribution in [2.24, 2.45) is 34.5 Å². The molecule has 0 aromatic carbocycles. The Morgan fingerprint density at radius 2 is 1.88 bits per heavy atom. The molecule has 6 unspecified atom stereocenters. The van der Waals surface area contributed by atoms with Gasteiger partial charge in [-0.2, -0.15) is 0 Å². The number of hydrogen-bond acceptors (Lipinski definition) is 0. The predicted molar refractivity (Wildman–Crippen MR) is 71.3 cm³/mol. The van der Waals surface area contributed by atoms with Gasteiger partial charge in [0.25, 0.3) is 0 Å². The zero-order valence-electron chi connectivity index (χ0n) is 12.1. The molecule has 0 aliphatic heterocycles. The fourth-order valence-corrected chi connectivity index (χ4v) is 5.44. The Morgan fingerprint density at radius 3 is 2.31 bits per heavy atom. The average Bonchev–Trinajstić information content (AvgIpc) is 2.30. The van der Waals surface area contributed by atoms with E-state index in [1.54, 1.807) is 0 Å². The molecule has 2 aliphatic carbocycles. The second-order valence-corrected chi connectivity index (χ2v) is 7.01. The minimum absolute atomic E-state index is 0.625. The third kappa shape index (κ3) is 1.12. The van der Waals surface area contributed by atoms with Crippen molar-refractivity contribution >= 4 is 0 Å². The molecule has 0 amide bonds. The van der Waals surface area contributed by atoms with Crippen molar-refractivity contribution in [2.75, 3.05) is 0 Å². The van der Waals surface area contributed by atoms with Crippen molar-refractivity contribution in [2.45, 2.75) is 67.2 Å². The summed E-state index contributed by atoms with van der Waals surface area (Å²) in [4.78, 5) is 0. The van der Waals surface area contributed by atoms with Gasteiger partial charge >= 0.3 is 0 Å². The summed E-state index contributed by atoms with van der Waals surface area (Å²) >= 11 is 0. The molecule has 0 heteroatoms. The van der Waals surface area contributed by atoms with Crippen LogP contribution in [0.15, 0.2) is 0 Å². The predicted octanol–water partition coefficient (Wildman–Crippen LogP) is 5.13. The molecule has 0 nitrogen and oxygen atoms in total. The summed E-state index contributed by atoms with van der Waals surface area (Å²) in [5.41, 5.74) is 1.29. The molecule has 0 aromatic heterocycles. The fraction of sp³-hybridized carbons (Fsp3) is 1.00. The fourth-order valence-electron chi connectivity index (χ4n) is 5.44. The third-order valence-corrected chi connectivity index (χ3v) is 7.05. The molecule has 2 aliphatic rings. The second-order valence-electron chi connectivity index (χ2n) is 7.01. The SMILES string of the molecule is CCCC1C2CC(C)C2(C)C1(C)C(C)CC. The van der Waals surface area contributed by atoms with Crippen LogP contribution < -0.4 is 0 Å². The molecule has 0 heterocycles. The van der Waals surface area contributed by atoms with E-state index in [0.717, 1.165) is 23.7 Å². The van der Waals surface area contributed by atoms with Gasteiger partial charge < -0.3 is 0 Å². The molecule has 2 saturated carbocycles. The first-order chi connectivity index (χ1) is 7.44. The van der Waals surface area contributed by atoms with Gasteiger partial charge in [0.2, 0.25) is 0 Å². The van der Waals surface area contributed by atoms with Crippen LogP contribution in [0.2, 0.25) is 0 Å². The molecule has 6 atom stereocenters. The van der Waals surface area contributed by atoms with Crippen LogP contribution >= 0.6 is 0 Å². The lowest BCUT2D eigenvalue weighted by molar-refractivity contribution is -0.312. The van der Waals surface area contributed by atoms with Gasteiger partial charge in [-0.05, 0) is 47.3 Å². The lowest BCUT2D eigenvalue weighted by Crippen LogP contribution is -2.73. The summed E-state index contributed by atoms with van der Waals surface area (Å²) in [6.07, 6.45) is 5.70. The van der Waals surface area contributed by atoms with Gasteiger partial charge in [0, 0.05) is 0 Å². The first-order valence-corrected chi connectivity index (χ1v) is 7.44. The van der Waals surface area contributed by atoms with Crippen LogP contribution in [0.25, 0.3) is 0 Å². The molecule has 0 saturated heterocycles. The van der Waals surface area contributed by atoms with E-state index in [1.807, 2.05) is 0 Å². The summed E-state index contributed by atoms with van der Waals surface area (Å²) in [6.45, 7) is 14.9. The zero-order valence-corrected chi connectivity index (χ0v) is 12.1. The Bertz CT molecular complexity index is 269. The number of hydrogen-bond donors (Lipinski definition) is 0. The maximum Gasteiger partial charge on any atom is -0.0210 e. The maximum atomic E-state index is 2.60. The van der Waals surface area contributed by atoms with Crippen LogP contribution in [-0.4, -0.2) is 0 Å². The third-order valence-electron chi connectivity index (χ3n) is 7.05. The highest BCUT2D eigenvalue weighted by Crippen LogP contribution is 2.79. The van der Waals surface area contributed by atoms with Crippen molar-refractivity contribution in [1.82, 2.24) is 0 Å². The summed E-state index contributed by atoms with van der Waals surface area (Å²) in [5.74, 6) is 3.94. The van der Waals surface area contributed by atoms with Crippen LogP contribution in [-0.2, 0) is 0 Å². The average molecular weight is 222 g/mol. The maximum absolute atomic E-state index is 2.60. The van der Waals surface area contributed by atoms with E-state index in [0.29, 0.717) is 10.8 Å². The topological polar surface area (TPSA) is 0 Å². The Labute approximate surface area is 102 Å². The summed E-state index contributed by atoms with van der Waals surface area (Å²) in [7, 11) is 0. The summed E-state index contributed by atoms with van der Waals surface area (Å²) in [6, 6.07) is 0. The van der Waals surface area contributed by atoms with E-state index in [1.165, 1.54) is 25.7 Å². The Kier molecular flexibility index (Phi) is 2.92. The first kappa shape index (κ1) is 12.5. The molecule has 2 rings (SSSR count). The standard InChI is InChI=1S/C16H30/c1-7-9-13-14-10-12(4)16(14,6)15(13,5)11(3)8-2/h11-14H,7-10H2,1-6H3. The van der Waals surface area contributed by atoms with Crippen molar-refractivity contribution in [3.05, 3.63) is 0 Å². The van der Waals surface area contributed by atoms with E-state index in [-0.39, 0.29) is 0 Å². The molecule has 94 valence electrons. The van der Waals surface area contributed by atoms with Gasteiger partial charge in [0.05, 0.1) is 0 Å². The van der Waals surface area contributed by atoms with E-state index in [4.69, 9.17) is 0 Å². The van der Waals surface area contributed by atoms with E-state index >= 15 is 0 Å². The molecule has 0 N–H and O–H groups in total. The van der Waals surface area contributed by atoms with E-state index in [2.05, 4.69) is 41.5 Å². The quantitative estimate of drug-likeness (QED) is 0.618. The van der Waals surface area contributed by atoms with E-state index < -0.39 is 0 Å². The van der Waals surface area contributed by atoms with Gasteiger partial charge in [-0.25, -0.2) is 0 Å². The van der Waals surface area contributed by atoms with Crippen LogP contribution in [0.1, 0.15) is 67.2 Å². The molecule has 0 radical (unpaired) electrons. The van der Waals surface area contributed by atoms with Gasteiger partial charge in [0.1, 0.15) is 0 Å². The Hall–Kier alpha value is 0. The minimum atomic E-state index is 0.625. The lowest BCUT2D eigenvalue weighted by Gasteiger charge is -2.79. The monoisotopic (exact) mass is 222 g/mol. The highest BCUT2D eigenvalue weighted by Gasteiger charge is 2.73. The van der Waals surface area contributed by atoms with Crippen molar-refractivity contribution < 1.29 is 0 Å². The molecule has 0 spiro atoms. The lowest BCUT2D eigenvalue weighted by atomic mass is 9.25. The largest absolute Gasteiger partial charge is 0.0654 e. The van der Waals surface area contributed by atoms with Gasteiger partial charge in [0.15, 0.2) is 0 Å². The van der Waals surface area contributed by atoms with Crippen molar-refractivity contribution in [3.8, 4) is 0 Å². The Balaban J connectivity index is 2.24. The highest BCUT2D eigenvalue weighted by atomic mass is 14.8. The van der Waals surface area contributed by atoms with Crippen LogP contribution in [0.3, 0.4) is 0 Å². The van der Waals surface area contributed by atoms with Crippen LogP contribution in [0, 0.1) is 34.5 Å². The van der Waals surface area contributed by atoms with Crippen LogP contribution in [0.4, 0.5) is 0 Å². The van der Waals surface area contributed by atoms with E-state index in [9.17, 15) is 0 Å². The molecule has 2 fully saturated rings. The number of rotatable bonds is 4. The second kappa shape index (κ2) is 3.75. The molecular weight excluding hydrogens is 192 g/mol. The molecular formula is C16H30. The highest BCUT2D eigenvalue weighted by molar-refractivity contribution is 5.21. The summed E-state index contributed by atoms with van der Waals surface area (Å²) < 4.78 is 0. The normalized spacial score (nSPS) is 52.5.